The Labute approximate surface area is 129 Å². The summed E-state index contributed by atoms with van der Waals surface area (Å²) in [6, 6.07) is 4.88. The van der Waals surface area contributed by atoms with Gasteiger partial charge in [0.05, 0.1) is 12.5 Å². The highest BCUT2D eigenvalue weighted by Gasteiger charge is 2.32. The summed E-state index contributed by atoms with van der Waals surface area (Å²) in [5, 5.41) is 11.1. The summed E-state index contributed by atoms with van der Waals surface area (Å²) in [5.74, 6) is -0.0285. The van der Waals surface area contributed by atoms with Crippen molar-refractivity contribution in [1.82, 2.24) is 4.90 Å². The number of carbonyl (C=O) groups excluding carboxylic acids is 1. The number of benzene rings is 1. The molecule has 0 saturated carbocycles. The number of halogens is 2. The Morgan fingerprint density at radius 2 is 1.95 bits per heavy atom. The summed E-state index contributed by atoms with van der Waals surface area (Å²) in [4.78, 5) is 14.0. The highest BCUT2D eigenvalue weighted by atomic mass is 35.5. The maximum atomic E-state index is 12.2. The third-order valence-electron chi connectivity index (χ3n) is 3.67. The molecule has 5 heteroatoms. The van der Waals surface area contributed by atoms with E-state index in [0.717, 1.165) is 19.5 Å². The topological polar surface area (TPSA) is 40.5 Å². The van der Waals surface area contributed by atoms with Gasteiger partial charge in [0.2, 0.25) is 5.91 Å². The molecule has 1 aromatic carbocycles. The lowest BCUT2D eigenvalue weighted by molar-refractivity contribution is -0.132. The lowest BCUT2D eigenvalue weighted by Crippen LogP contribution is -2.31. The fourth-order valence-electron chi connectivity index (χ4n) is 2.51. The lowest BCUT2D eigenvalue weighted by atomic mass is 9.93. The Hall–Kier alpha value is -0.770. The molecule has 2 rings (SSSR count). The molecular weight excluding hydrogens is 297 g/mol. The van der Waals surface area contributed by atoms with Crippen molar-refractivity contribution in [1.29, 1.82) is 0 Å². The highest BCUT2D eigenvalue weighted by Crippen LogP contribution is 2.31. The summed E-state index contributed by atoms with van der Waals surface area (Å²) < 4.78 is 0. The molecule has 110 valence electrons. The van der Waals surface area contributed by atoms with Gasteiger partial charge in [-0.05, 0) is 35.6 Å². The highest BCUT2D eigenvalue weighted by molar-refractivity contribution is 6.34. The number of aliphatic hydroxyl groups is 1. The van der Waals surface area contributed by atoms with Crippen LogP contribution in [0.4, 0.5) is 0 Å². The van der Waals surface area contributed by atoms with Gasteiger partial charge in [-0.15, -0.1) is 0 Å². The number of carbonyl (C=O) groups is 1. The molecule has 0 bridgehead atoms. The second kappa shape index (κ2) is 5.92. The molecule has 1 unspecified atom stereocenters. The molecule has 1 aromatic rings. The van der Waals surface area contributed by atoms with Crippen LogP contribution in [0.3, 0.4) is 0 Å². The monoisotopic (exact) mass is 315 g/mol. The fourth-order valence-corrected chi connectivity index (χ4v) is 3.05. The first-order chi connectivity index (χ1) is 9.27. The largest absolute Gasteiger partial charge is 0.388 e. The number of aliphatic hydroxyl groups excluding tert-OH is 1. The first-order valence-electron chi connectivity index (χ1n) is 6.69. The standard InChI is InChI=1S/C15H19Cl2NO2/c1-15(2)3-4-18(9-15)14(20)8-13(19)10-5-11(16)7-12(17)6-10/h5-7,13,19H,3-4,8-9H2,1-2H3. The molecule has 1 fully saturated rings. The van der Waals surface area contributed by atoms with E-state index in [1.165, 1.54) is 0 Å². The van der Waals surface area contributed by atoms with Crippen LogP contribution in [-0.2, 0) is 4.79 Å². The van der Waals surface area contributed by atoms with Crippen LogP contribution in [0, 0.1) is 5.41 Å². The molecule has 3 nitrogen and oxygen atoms in total. The third-order valence-corrected chi connectivity index (χ3v) is 4.10. The van der Waals surface area contributed by atoms with Crippen molar-refractivity contribution in [3.8, 4) is 0 Å². The van der Waals surface area contributed by atoms with Crippen LogP contribution < -0.4 is 0 Å². The predicted octanol–water partition coefficient (Wildman–Crippen LogP) is 3.68. The Balaban J connectivity index is 2.01. The average molecular weight is 316 g/mol. The first kappa shape index (κ1) is 15.6. The molecular formula is C15H19Cl2NO2. The van der Waals surface area contributed by atoms with Gasteiger partial charge in [0, 0.05) is 23.1 Å². The van der Waals surface area contributed by atoms with Crippen LogP contribution in [0.1, 0.15) is 38.4 Å². The van der Waals surface area contributed by atoms with Gasteiger partial charge in [0.25, 0.3) is 0 Å². The van der Waals surface area contributed by atoms with Gasteiger partial charge in [-0.25, -0.2) is 0 Å². The van der Waals surface area contributed by atoms with Crippen molar-refractivity contribution >= 4 is 29.1 Å². The normalized spacial score (nSPS) is 19.1. The van der Waals surface area contributed by atoms with Gasteiger partial charge in [0.1, 0.15) is 0 Å². The molecule has 0 spiro atoms. The number of rotatable bonds is 3. The molecule has 1 saturated heterocycles. The second-order valence-electron chi connectivity index (χ2n) is 6.15. The number of amides is 1. The van der Waals surface area contributed by atoms with Crippen molar-refractivity contribution in [2.45, 2.75) is 32.8 Å². The van der Waals surface area contributed by atoms with Crippen LogP contribution in [-0.4, -0.2) is 29.0 Å². The van der Waals surface area contributed by atoms with Crippen LogP contribution in [0.15, 0.2) is 18.2 Å². The quantitative estimate of drug-likeness (QED) is 0.924. The molecule has 1 aliphatic heterocycles. The molecule has 20 heavy (non-hydrogen) atoms. The summed E-state index contributed by atoms with van der Waals surface area (Å²) in [6.07, 6.45) is 0.187. The summed E-state index contributed by atoms with van der Waals surface area (Å²) in [5.41, 5.74) is 0.745. The minimum absolute atomic E-state index is 0.0285. The van der Waals surface area contributed by atoms with Gasteiger partial charge >= 0.3 is 0 Å². The van der Waals surface area contributed by atoms with Gasteiger partial charge in [-0.2, -0.15) is 0 Å². The predicted molar refractivity (Wildman–Crippen MR) is 81.0 cm³/mol. The molecule has 0 aliphatic carbocycles. The zero-order chi connectivity index (χ0) is 14.9. The average Bonchev–Trinajstić information content (AvgIpc) is 2.68. The molecule has 1 amide bonds. The molecule has 0 radical (unpaired) electrons. The Morgan fingerprint density at radius 1 is 1.35 bits per heavy atom. The maximum Gasteiger partial charge on any atom is 0.225 e. The van der Waals surface area contributed by atoms with E-state index in [-0.39, 0.29) is 17.7 Å². The zero-order valence-corrected chi connectivity index (χ0v) is 13.2. The number of hydrogen-bond donors (Lipinski definition) is 1. The van der Waals surface area contributed by atoms with Crippen molar-refractivity contribution in [2.75, 3.05) is 13.1 Å². The number of nitrogens with zero attached hydrogens (tertiary/aromatic N) is 1. The Morgan fingerprint density at radius 3 is 2.45 bits per heavy atom. The van der Waals surface area contributed by atoms with E-state index in [4.69, 9.17) is 23.2 Å². The minimum Gasteiger partial charge on any atom is -0.388 e. The van der Waals surface area contributed by atoms with Crippen LogP contribution >= 0.6 is 23.2 Å². The molecule has 1 atom stereocenters. The first-order valence-corrected chi connectivity index (χ1v) is 7.44. The van der Waals surface area contributed by atoms with E-state index < -0.39 is 6.10 Å². The van der Waals surface area contributed by atoms with E-state index in [1.807, 2.05) is 4.90 Å². The van der Waals surface area contributed by atoms with E-state index in [0.29, 0.717) is 15.6 Å². The Kier molecular flexibility index (Phi) is 4.62. The van der Waals surface area contributed by atoms with Crippen LogP contribution in [0.5, 0.6) is 0 Å². The zero-order valence-electron chi connectivity index (χ0n) is 11.7. The third kappa shape index (κ3) is 3.87. The van der Waals surface area contributed by atoms with Gasteiger partial charge in [-0.3, -0.25) is 4.79 Å². The Bertz CT molecular complexity index is 496. The lowest BCUT2D eigenvalue weighted by Gasteiger charge is -2.21. The van der Waals surface area contributed by atoms with Crippen molar-refractivity contribution in [3.05, 3.63) is 33.8 Å². The molecule has 1 aliphatic rings. The van der Waals surface area contributed by atoms with Gasteiger partial charge in [-0.1, -0.05) is 37.0 Å². The van der Waals surface area contributed by atoms with E-state index in [1.54, 1.807) is 18.2 Å². The minimum atomic E-state index is -0.873. The van der Waals surface area contributed by atoms with E-state index in [9.17, 15) is 9.90 Å². The SMILES string of the molecule is CC1(C)CCN(C(=O)CC(O)c2cc(Cl)cc(Cl)c2)C1. The summed E-state index contributed by atoms with van der Waals surface area (Å²) in [6.45, 7) is 5.80. The van der Waals surface area contributed by atoms with E-state index in [2.05, 4.69) is 13.8 Å². The van der Waals surface area contributed by atoms with Crippen molar-refractivity contribution < 1.29 is 9.90 Å². The summed E-state index contributed by atoms with van der Waals surface area (Å²) >= 11 is 11.8. The van der Waals surface area contributed by atoms with Gasteiger partial charge in [0.15, 0.2) is 0 Å². The van der Waals surface area contributed by atoms with Crippen molar-refractivity contribution in [3.63, 3.8) is 0 Å². The smallest absolute Gasteiger partial charge is 0.225 e. The van der Waals surface area contributed by atoms with E-state index >= 15 is 0 Å². The second-order valence-corrected chi connectivity index (χ2v) is 7.03. The molecule has 0 aromatic heterocycles. The number of likely N-dealkylation sites (tertiary alicyclic amines) is 1. The van der Waals surface area contributed by atoms with Crippen molar-refractivity contribution in [2.24, 2.45) is 5.41 Å². The number of hydrogen-bond acceptors (Lipinski definition) is 2. The fraction of sp³-hybridized carbons (Fsp3) is 0.533. The van der Waals surface area contributed by atoms with Crippen LogP contribution in [0.25, 0.3) is 0 Å². The van der Waals surface area contributed by atoms with Crippen LogP contribution in [0.2, 0.25) is 10.0 Å². The summed E-state index contributed by atoms with van der Waals surface area (Å²) in [7, 11) is 0. The maximum absolute atomic E-state index is 12.2. The van der Waals surface area contributed by atoms with Gasteiger partial charge < -0.3 is 10.0 Å². The molecule has 1 N–H and O–H groups in total. The molecule has 1 heterocycles.